The largest absolute Gasteiger partial charge is 0.493 e. The molecule has 204 valence electrons. The predicted octanol–water partition coefficient (Wildman–Crippen LogP) is 9.02. The van der Waals surface area contributed by atoms with Gasteiger partial charge in [-0.2, -0.15) is 0 Å². The first kappa shape index (κ1) is 27.5. The van der Waals surface area contributed by atoms with Crippen molar-refractivity contribution < 1.29 is 9.47 Å². The number of rotatable bonds is 9. The van der Waals surface area contributed by atoms with Crippen molar-refractivity contribution in [1.82, 2.24) is 0 Å². The summed E-state index contributed by atoms with van der Waals surface area (Å²) >= 11 is 1.26. The van der Waals surface area contributed by atoms with Gasteiger partial charge in [0.05, 0.1) is 13.2 Å². The SMILES string of the molecule is CC(C)(C)C(CCOc1cc(=O)sc2ccc(OCC3CCCCC3)cc12)(c1ccccc1)c1ccccc1. The lowest BCUT2D eigenvalue weighted by Gasteiger charge is -2.46. The Bertz CT molecular complexity index is 1370. The third kappa shape index (κ3) is 6.06. The average Bonchev–Trinajstić information content (AvgIpc) is 2.95. The van der Waals surface area contributed by atoms with Gasteiger partial charge in [-0.3, -0.25) is 4.79 Å². The van der Waals surface area contributed by atoms with Crippen LogP contribution in [0.4, 0.5) is 0 Å². The molecule has 1 aromatic heterocycles. The van der Waals surface area contributed by atoms with E-state index >= 15 is 0 Å². The summed E-state index contributed by atoms with van der Waals surface area (Å²) in [6.07, 6.45) is 7.23. The quantitative estimate of drug-likeness (QED) is 0.212. The first-order valence-corrected chi connectivity index (χ1v) is 15.1. The number of hydrogen-bond acceptors (Lipinski definition) is 4. The molecule has 1 aliphatic rings. The molecule has 0 radical (unpaired) electrons. The molecule has 5 rings (SSSR count). The molecule has 0 atom stereocenters. The van der Waals surface area contributed by atoms with Crippen LogP contribution in [0.25, 0.3) is 10.1 Å². The molecule has 0 spiro atoms. The highest BCUT2D eigenvalue weighted by atomic mass is 32.1. The summed E-state index contributed by atoms with van der Waals surface area (Å²) in [4.78, 5) is 12.6. The first-order chi connectivity index (χ1) is 18.9. The van der Waals surface area contributed by atoms with Crippen LogP contribution in [0.3, 0.4) is 0 Å². The second-order valence-corrected chi connectivity index (χ2v) is 12.9. The summed E-state index contributed by atoms with van der Waals surface area (Å²) in [6, 6.07) is 29.2. The zero-order valence-electron chi connectivity index (χ0n) is 23.5. The van der Waals surface area contributed by atoms with Crippen molar-refractivity contribution in [2.45, 2.75) is 64.7 Å². The molecular weight excluding hydrogens is 500 g/mol. The van der Waals surface area contributed by atoms with Crippen molar-refractivity contribution >= 4 is 21.4 Å². The number of benzene rings is 3. The van der Waals surface area contributed by atoms with E-state index in [0.717, 1.165) is 28.9 Å². The molecule has 3 aromatic carbocycles. The van der Waals surface area contributed by atoms with Crippen LogP contribution in [-0.4, -0.2) is 13.2 Å². The summed E-state index contributed by atoms with van der Waals surface area (Å²) in [7, 11) is 0. The van der Waals surface area contributed by atoms with Gasteiger partial charge in [0.15, 0.2) is 0 Å². The lowest BCUT2D eigenvalue weighted by Crippen LogP contribution is -2.42. The molecule has 1 fully saturated rings. The Balaban J connectivity index is 1.42. The van der Waals surface area contributed by atoms with Gasteiger partial charge < -0.3 is 9.47 Å². The summed E-state index contributed by atoms with van der Waals surface area (Å²) in [5.74, 6) is 2.13. The van der Waals surface area contributed by atoms with Crippen molar-refractivity contribution in [1.29, 1.82) is 0 Å². The number of hydrogen-bond donors (Lipinski definition) is 0. The maximum Gasteiger partial charge on any atom is 0.236 e. The van der Waals surface area contributed by atoms with Crippen LogP contribution >= 0.6 is 11.3 Å². The van der Waals surface area contributed by atoms with E-state index in [-0.39, 0.29) is 15.6 Å². The highest BCUT2D eigenvalue weighted by molar-refractivity contribution is 7.16. The van der Waals surface area contributed by atoms with Crippen molar-refractivity contribution in [3.05, 3.63) is 106 Å². The molecule has 0 aliphatic heterocycles. The molecule has 0 N–H and O–H groups in total. The summed E-state index contributed by atoms with van der Waals surface area (Å²) < 4.78 is 13.7. The Labute approximate surface area is 236 Å². The third-order valence-electron chi connectivity index (χ3n) is 8.43. The fourth-order valence-electron chi connectivity index (χ4n) is 6.35. The zero-order chi connectivity index (χ0) is 27.3. The predicted molar refractivity (Wildman–Crippen MR) is 163 cm³/mol. The van der Waals surface area contributed by atoms with Crippen LogP contribution in [0.2, 0.25) is 0 Å². The molecule has 0 saturated heterocycles. The molecule has 3 nitrogen and oxygen atoms in total. The van der Waals surface area contributed by atoms with Crippen LogP contribution < -0.4 is 14.2 Å². The first-order valence-electron chi connectivity index (χ1n) is 14.3. The van der Waals surface area contributed by atoms with Gasteiger partial charge in [-0.15, -0.1) is 0 Å². The highest BCUT2D eigenvalue weighted by Gasteiger charge is 2.44. The fraction of sp³-hybridized carbons (Fsp3) is 0.400. The second-order valence-electron chi connectivity index (χ2n) is 11.9. The molecule has 4 aromatic rings. The van der Waals surface area contributed by atoms with Crippen LogP contribution in [-0.2, 0) is 5.41 Å². The highest BCUT2D eigenvalue weighted by Crippen LogP contribution is 2.49. The second kappa shape index (κ2) is 12.0. The molecule has 0 amide bonds. The summed E-state index contributed by atoms with van der Waals surface area (Å²) in [6.45, 7) is 8.15. The van der Waals surface area contributed by atoms with Gasteiger partial charge in [0.25, 0.3) is 0 Å². The molecule has 4 heteroatoms. The minimum Gasteiger partial charge on any atom is -0.493 e. The Morgan fingerprint density at radius 1 is 0.795 bits per heavy atom. The Hall–Kier alpha value is -3.11. The smallest absolute Gasteiger partial charge is 0.236 e. The van der Waals surface area contributed by atoms with Gasteiger partial charge in [-0.05, 0) is 59.9 Å². The van der Waals surface area contributed by atoms with Crippen molar-refractivity contribution in [2.75, 3.05) is 13.2 Å². The molecule has 1 heterocycles. The third-order valence-corrected chi connectivity index (χ3v) is 9.33. The molecule has 1 saturated carbocycles. The van der Waals surface area contributed by atoms with E-state index in [0.29, 0.717) is 18.3 Å². The topological polar surface area (TPSA) is 35.5 Å². The van der Waals surface area contributed by atoms with Gasteiger partial charge in [0.1, 0.15) is 11.5 Å². The maximum atomic E-state index is 12.6. The fourth-order valence-corrected chi connectivity index (χ4v) is 7.13. The van der Waals surface area contributed by atoms with Crippen molar-refractivity contribution in [3.8, 4) is 11.5 Å². The molecule has 1 aliphatic carbocycles. The summed E-state index contributed by atoms with van der Waals surface area (Å²) in [5.41, 5.74) is 2.20. The van der Waals surface area contributed by atoms with Gasteiger partial charge in [-0.25, -0.2) is 0 Å². The van der Waals surface area contributed by atoms with Gasteiger partial charge in [-0.1, -0.05) is 112 Å². The zero-order valence-corrected chi connectivity index (χ0v) is 24.3. The van der Waals surface area contributed by atoms with Crippen LogP contribution in [0.1, 0.15) is 70.4 Å². The Kier molecular flexibility index (Phi) is 8.42. The van der Waals surface area contributed by atoms with E-state index in [1.165, 1.54) is 54.6 Å². The van der Waals surface area contributed by atoms with E-state index in [2.05, 4.69) is 87.5 Å². The van der Waals surface area contributed by atoms with E-state index in [4.69, 9.17) is 9.47 Å². The van der Waals surface area contributed by atoms with Crippen LogP contribution in [0, 0.1) is 11.3 Å². The average molecular weight is 541 g/mol. The molecular formula is C35H40O3S. The Morgan fingerprint density at radius 2 is 1.44 bits per heavy atom. The molecule has 39 heavy (non-hydrogen) atoms. The lowest BCUT2D eigenvalue weighted by atomic mass is 9.57. The minimum atomic E-state index is -0.267. The van der Waals surface area contributed by atoms with E-state index in [1.807, 2.05) is 12.1 Å². The van der Waals surface area contributed by atoms with E-state index < -0.39 is 0 Å². The standard InChI is InChI=1S/C35H40O3S/c1-34(2,3)35(27-15-9-5-10-16-27,28-17-11-6-12-18-28)21-22-37-31-24-33(36)39-32-20-19-29(23-30(31)32)38-25-26-13-7-4-8-14-26/h5-6,9-12,15-20,23-24,26H,4,7-8,13-14,21-22,25H2,1-3H3. The van der Waals surface area contributed by atoms with Gasteiger partial charge in [0, 0.05) is 21.6 Å². The van der Waals surface area contributed by atoms with Crippen molar-refractivity contribution in [3.63, 3.8) is 0 Å². The number of ether oxygens (including phenoxy) is 2. The normalized spacial score (nSPS) is 14.8. The number of fused-ring (bicyclic) bond motifs is 1. The molecule has 0 bridgehead atoms. The summed E-state index contributed by atoms with van der Waals surface area (Å²) in [5, 5.41) is 0.946. The van der Waals surface area contributed by atoms with Crippen LogP contribution in [0.15, 0.2) is 89.7 Å². The van der Waals surface area contributed by atoms with Gasteiger partial charge >= 0.3 is 0 Å². The minimum absolute atomic E-state index is 0.00146. The Morgan fingerprint density at radius 3 is 2.05 bits per heavy atom. The van der Waals surface area contributed by atoms with E-state index in [9.17, 15) is 4.79 Å². The molecule has 0 unspecified atom stereocenters. The monoisotopic (exact) mass is 540 g/mol. The lowest BCUT2D eigenvalue weighted by molar-refractivity contribution is 0.174. The van der Waals surface area contributed by atoms with Gasteiger partial charge in [0.2, 0.25) is 4.74 Å². The maximum absolute atomic E-state index is 12.6. The van der Waals surface area contributed by atoms with E-state index in [1.54, 1.807) is 6.07 Å². The van der Waals surface area contributed by atoms with Crippen molar-refractivity contribution in [2.24, 2.45) is 11.3 Å². The van der Waals surface area contributed by atoms with Crippen LogP contribution in [0.5, 0.6) is 11.5 Å².